The van der Waals surface area contributed by atoms with Gasteiger partial charge in [0.1, 0.15) is 16.8 Å². The Labute approximate surface area is 107 Å². The minimum atomic E-state index is -0.0796. The summed E-state index contributed by atoms with van der Waals surface area (Å²) < 4.78 is 5.71. The second kappa shape index (κ2) is 5.19. The molecule has 0 bridgehead atoms. The quantitative estimate of drug-likeness (QED) is 0.841. The Morgan fingerprint density at radius 2 is 2.35 bits per heavy atom. The number of aryl methyl sites for hydroxylation is 1. The number of nitrogens with one attached hydrogen (secondary N) is 1. The van der Waals surface area contributed by atoms with Crippen molar-refractivity contribution in [1.82, 2.24) is 9.97 Å². The SMILES string of the molecule is CCc1nc(Cl)cc(NCC2(C)CCCO2)n1. The molecule has 1 aliphatic rings. The molecule has 5 heteroatoms. The van der Waals surface area contributed by atoms with Crippen LogP contribution in [0.4, 0.5) is 5.82 Å². The zero-order valence-electron chi connectivity index (χ0n) is 10.3. The van der Waals surface area contributed by atoms with Crippen LogP contribution in [0.15, 0.2) is 6.07 Å². The van der Waals surface area contributed by atoms with Crippen molar-refractivity contribution in [1.29, 1.82) is 0 Å². The van der Waals surface area contributed by atoms with E-state index >= 15 is 0 Å². The van der Waals surface area contributed by atoms with Crippen LogP contribution < -0.4 is 5.32 Å². The molecule has 17 heavy (non-hydrogen) atoms. The topological polar surface area (TPSA) is 47.0 Å². The highest BCUT2D eigenvalue weighted by molar-refractivity contribution is 6.29. The van der Waals surface area contributed by atoms with Gasteiger partial charge in [-0.15, -0.1) is 0 Å². The van der Waals surface area contributed by atoms with Gasteiger partial charge in [0, 0.05) is 25.6 Å². The van der Waals surface area contributed by atoms with Crippen molar-refractivity contribution in [2.24, 2.45) is 0 Å². The van der Waals surface area contributed by atoms with Crippen LogP contribution in [0.1, 0.15) is 32.5 Å². The van der Waals surface area contributed by atoms with Crippen LogP contribution in [0.5, 0.6) is 0 Å². The van der Waals surface area contributed by atoms with Crippen LogP contribution in [-0.4, -0.2) is 28.7 Å². The van der Waals surface area contributed by atoms with Gasteiger partial charge in [-0.3, -0.25) is 0 Å². The minimum Gasteiger partial charge on any atom is -0.373 e. The molecule has 2 heterocycles. The van der Waals surface area contributed by atoms with E-state index in [1.165, 1.54) is 0 Å². The predicted octanol–water partition coefficient (Wildman–Crippen LogP) is 2.67. The van der Waals surface area contributed by atoms with Crippen molar-refractivity contribution in [3.05, 3.63) is 17.0 Å². The maximum absolute atomic E-state index is 5.94. The van der Waals surface area contributed by atoms with Gasteiger partial charge in [0.2, 0.25) is 0 Å². The summed E-state index contributed by atoms with van der Waals surface area (Å²) in [7, 11) is 0. The van der Waals surface area contributed by atoms with E-state index in [2.05, 4.69) is 22.2 Å². The molecule has 0 spiro atoms. The molecule has 0 radical (unpaired) electrons. The Morgan fingerprint density at radius 3 is 3.00 bits per heavy atom. The van der Waals surface area contributed by atoms with E-state index in [4.69, 9.17) is 16.3 Å². The molecule has 0 saturated carbocycles. The van der Waals surface area contributed by atoms with Gasteiger partial charge in [0.05, 0.1) is 5.60 Å². The number of nitrogens with zero attached hydrogens (tertiary/aromatic N) is 2. The first-order chi connectivity index (χ1) is 8.11. The summed E-state index contributed by atoms with van der Waals surface area (Å²) >= 11 is 5.94. The summed E-state index contributed by atoms with van der Waals surface area (Å²) in [6.45, 7) is 5.74. The van der Waals surface area contributed by atoms with Crippen LogP contribution in [0, 0.1) is 0 Å². The lowest BCUT2D eigenvalue weighted by molar-refractivity contribution is 0.0314. The van der Waals surface area contributed by atoms with Crippen molar-refractivity contribution in [2.45, 2.75) is 38.7 Å². The average Bonchev–Trinajstić information content (AvgIpc) is 2.73. The van der Waals surface area contributed by atoms with Gasteiger partial charge in [-0.05, 0) is 19.8 Å². The molecule has 94 valence electrons. The van der Waals surface area contributed by atoms with Gasteiger partial charge in [0.15, 0.2) is 0 Å². The molecule has 0 aliphatic carbocycles. The van der Waals surface area contributed by atoms with E-state index in [0.29, 0.717) is 5.15 Å². The first-order valence-corrected chi connectivity index (χ1v) is 6.40. The highest BCUT2D eigenvalue weighted by Crippen LogP contribution is 2.25. The molecule has 2 rings (SSSR count). The van der Waals surface area contributed by atoms with Crippen molar-refractivity contribution >= 4 is 17.4 Å². The van der Waals surface area contributed by atoms with Crippen molar-refractivity contribution < 1.29 is 4.74 Å². The molecule has 1 fully saturated rings. The molecular weight excluding hydrogens is 238 g/mol. The third-order valence-corrected chi connectivity index (χ3v) is 3.19. The maximum Gasteiger partial charge on any atom is 0.134 e. The Hall–Kier alpha value is -0.870. The van der Waals surface area contributed by atoms with Crippen LogP contribution in [-0.2, 0) is 11.2 Å². The third kappa shape index (κ3) is 3.30. The molecule has 1 aromatic heterocycles. The second-order valence-electron chi connectivity index (χ2n) is 4.60. The molecular formula is C12H18ClN3O. The van der Waals surface area contributed by atoms with Crippen molar-refractivity contribution in [2.75, 3.05) is 18.5 Å². The number of anilines is 1. The monoisotopic (exact) mass is 255 g/mol. The van der Waals surface area contributed by atoms with Gasteiger partial charge in [-0.2, -0.15) is 0 Å². The van der Waals surface area contributed by atoms with Crippen LogP contribution in [0.25, 0.3) is 0 Å². The van der Waals surface area contributed by atoms with Gasteiger partial charge >= 0.3 is 0 Å². The maximum atomic E-state index is 5.94. The van der Waals surface area contributed by atoms with Crippen molar-refractivity contribution in [3.8, 4) is 0 Å². The highest BCUT2D eigenvalue weighted by Gasteiger charge is 2.29. The fraction of sp³-hybridized carbons (Fsp3) is 0.667. The molecule has 1 unspecified atom stereocenters. The zero-order valence-corrected chi connectivity index (χ0v) is 11.0. The van der Waals surface area contributed by atoms with Crippen LogP contribution >= 0.6 is 11.6 Å². The van der Waals surface area contributed by atoms with Gasteiger partial charge < -0.3 is 10.1 Å². The summed E-state index contributed by atoms with van der Waals surface area (Å²) in [5.41, 5.74) is -0.0796. The largest absolute Gasteiger partial charge is 0.373 e. The highest BCUT2D eigenvalue weighted by atomic mass is 35.5. The van der Waals surface area contributed by atoms with E-state index in [-0.39, 0.29) is 5.60 Å². The smallest absolute Gasteiger partial charge is 0.134 e. The Bertz CT molecular complexity index is 391. The average molecular weight is 256 g/mol. The summed E-state index contributed by atoms with van der Waals surface area (Å²) in [5, 5.41) is 3.77. The molecule has 1 aliphatic heterocycles. The number of ether oxygens (including phenoxy) is 1. The summed E-state index contributed by atoms with van der Waals surface area (Å²) in [6, 6.07) is 1.75. The normalized spacial score (nSPS) is 23.9. The van der Waals surface area contributed by atoms with E-state index in [1.807, 2.05) is 6.92 Å². The zero-order chi connectivity index (χ0) is 12.3. The molecule has 1 N–H and O–H groups in total. The predicted molar refractivity (Wildman–Crippen MR) is 68.5 cm³/mol. The molecule has 1 aromatic rings. The van der Waals surface area contributed by atoms with Gasteiger partial charge in [0.25, 0.3) is 0 Å². The lowest BCUT2D eigenvalue weighted by Gasteiger charge is -2.23. The Balaban J connectivity index is 2.00. The minimum absolute atomic E-state index is 0.0796. The Kier molecular flexibility index (Phi) is 3.84. The summed E-state index contributed by atoms with van der Waals surface area (Å²) in [6.07, 6.45) is 2.99. The fourth-order valence-corrected chi connectivity index (χ4v) is 2.17. The number of hydrogen-bond acceptors (Lipinski definition) is 4. The number of aromatic nitrogens is 2. The van der Waals surface area contributed by atoms with E-state index < -0.39 is 0 Å². The molecule has 1 saturated heterocycles. The number of hydrogen-bond donors (Lipinski definition) is 1. The Morgan fingerprint density at radius 1 is 1.53 bits per heavy atom. The standard InChI is InChI=1S/C12H18ClN3O/c1-3-10-15-9(13)7-11(16-10)14-8-12(2)5-4-6-17-12/h7H,3-6,8H2,1-2H3,(H,14,15,16). The molecule has 0 amide bonds. The first-order valence-electron chi connectivity index (χ1n) is 6.02. The molecule has 4 nitrogen and oxygen atoms in total. The van der Waals surface area contributed by atoms with Crippen LogP contribution in [0.3, 0.4) is 0 Å². The van der Waals surface area contributed by atoms with E-state index in [9.17, 15) is 0 Å². The third-order valence-electron chi connectivity index (χ3n) is 3.00. The lowest BCUT2D eigenvalue weighted by Crippen LogP contribution is -2.32. The van der Waals surface area contributed by atoms with Crippen molar-refractivity contribution in [3.63, 3.8) is 0 Å². The van der Waals surface area contributed by atoms with E-state index in [1.54, 1.807) is 6.07 Å². The fourth-order valence-electron chi connectivity index (χ4n) is 1.97. The van der Waals surface area contributed by atoms with Crippen LogP contribution in [0.2, 0.25) is 5.15 Å². The summed E-state index contributed by atoms with van der Waals surface area (Å²) in [4.78, 5) is 8.51. The second-order valence-corrected chi connectivity index (χ2v) is 4.99. The number of rotatable bonds is 4. The van der Waals surface area contributed by atoms with Gasteiger partial charge in [-0.1, -0.05) is 18.5 Å². The first kappa shape index (κ1) is 12.6. The van der Waals surface area contributed by atoms with E-state index in [0.717, 1.165) is 44.1 Å². The van der Waals surface area contributed by atoms with Gasteiger partial charge in [-0.25, -0.2) is 9.97 Å². The number of halogens is 1. The summed E-state index contributed by atoms with van der Waals surface area (Å²) in [5.74, 6) is 1.54. The molecule has 1 atom stereocenters. The lowest BCUT2D eigenvalue weighted by atomic mass is 10.0. The molecule has 0 aromatic carbocycles.